The van der Waals surface area contributed by atoms with Crippen LogP contribution in [0.25, 0.3) is 0 Å². The molecule has 1 nitrogen and oxygen atoms in total. The molecule has 1 aromatic rings. The summed E-state index contributed by atoms with van der Waals surface area (Å²) < 4.78 is 35.9. The van der Waals surface area contributed by atoms with E-state index in [-0.39, 0.29) is 5.56 Å². The first kappa shape index (κ1) is 11.8. The first-order valence-electron chi connectivity index (χ1n) is 4.61. The molecule has 1 rings (SSSR count). The maximum Gasteiger partial charge on any atom is 0.396 e. The fraction of sp³-hybridized carbons (Fsp3) is 0.364. The van der Waals surface area contributed by atoms with Gasteiger partial charge in [-0.1, -0.05) is 25.1 Å². The van der Waals surface area contributed by atoms with Gasteiger partial charge in [0, 0.05) is 5.56 Å². The molecule has 0 saturated heterocycles. The van der Waals surface area contributed by atoms with Gasteiger partial charge in [-0.15, -0.1) is 0 Å². The van der Waals surface area contributed by atoms with Crippen molar-refractivity contribution in [1.82, 2.24) is 0 Å². The van der Waals surface area contributed by atoms with Crippen LogP contribution in [0, 0.1) is 0 Å². The van der Waals surface area contributed by atoms with Crippen molar-refractivity contribution < 1.29 is 18.0 Å². The molecule has 15 heavy (non-hydrogen) atoms. The summed E-state index contributed by atoms with van der Waals surface area (Å²) in [6, 6.07) is 6.30. The molecule has 0 aromatic heterocycles. The largest absolute Gasteiger partial charge is 0.396 e. The van der Waals surface area contributed by atoms with Crippen molar-refractivity contribution in [3.63, 3.8) is 0 Å². The SMILES string of the molecule is CCc1cccc(C(=O)CC(F)(F)F)c1. The lowest BCUT2D eigenvalue weighted by Gasteiger charge is -2.06. The Morgan fingerprint density at radius 2 is 2.00 bits per heavy atom. The smallest absolute Gasteiger partial charge is 0.294 e. The summed E-state index contributed by atoms with van der Waals surface area (Å²) in [5, 5.41) is 0. The maximum atomic E-state index is 12.0. The third kappa shape index (κ3) is 3.73. The quantitative estimate of drug-likeness (QED) is 0.708. The number of hydrogen-bond donors (Lipinski definition) is 0. The Balaban J connectivity index is 2.82. The van der Waals surface area contributed by atoms with Gasteiger partial charge in [-0.2, -0.15) is 13.2 Å². The average molecular weight is 216 g/mol. The molecule has 1 aromatic carbocycles. The van der Waals surface area contributed by atoms with Crippen molar-refractivity contribution in [3.05, 3.63) is 35.4 Å². The van der Waals surface area contributed by atoms with Gasteiger partial charge in [0.05, 0.1) is 0 Å². The Labute approximate surface area is 85.9 Å². The minimum atomic E-state index is -4.43. The van der Waals surface area contributed by atoms with E-state index in [0.29, 0.717) is 6.42 Å². The molecule has 0 radical (unpaired) electrons. The summed E-state index contributed by atoms with van der Waals surface area (Å²) >= 11 is 0. The summed E-state index contributed by atoms with van der Waals surface area (Å²) in [4.78, 5) is 11.2. The van der Waals surface area contributed by atoms with Crippen LogP contribution in [0.1, 0.15) is 29.3 Å². The molecule has 82 valence electrons. The Morgan fingerprint density at radius 1 is 1.33 bits per heavy atom. The number of hydrogen-bond acceptors (Lipinski definition) is 1. The molecule has 0 amide bonds. The minimum absolute atomic E-state index is 0.131. The van der Waals surface area contributed by atoms with Gasteiger partial charge in [-0.25, -0.2) is 0 Å². The van der Waals surface area contributed by atoms with E-state index >= 15 is 0 Å². The number of benzene rings is 1. The molecular weight excluding hydrogens is 205 g/mol. The van der Waals surface area contributed by atoms with Crippen molar-refractivity contribution in [1.29, 1.82) is 0 Å². The number of aryl methyl sites for hydroxylation is 1. The second-order valence-electron chi connectivity index (χ2n) is 3.27. The molecule has 0 N–H and O–H groups in total. The predicted octanol–water partition coefficient (Wildman–Crippen LogP) is 3.38. The molecule has 0 aliphatic heterocycles. The second-order valence-corrected chi connectivity index (χ2v) is 3.27. The van der Waals surface area contributed by atoms with E-state index in [0.717, 1.165) is 5.56 Å². The van der Waals surface area contributed by atoms with E-state index in [2.05, 4.69) is 0 Å². The molecule has 0 spiro atoms. The van der Waals surface area contributed by atoms with E-state index in [9.17, 15) is 18.0 Å². The molecule has 0 atom stereocenters. The first-order valence-corrected chi connectivity index (χ1v) is 4.61. The van der Waals surface area contributed by atoms with Gasteiger partial charge in [0.1, 0.15) is 6.42 Å². The summed E-state index contributed by atoms with van der Waals surface area (Å²) in [6.45, 7) is 1.88. The Bertz CT molecular complexity index is 355. The van der Waals surface area contributed by atoms with Gasteiger partial charge >= 0.3 is 6.18 Å². The van der Waals surface area contributed by atoms with Crippen LogP contribution in [0.15, 0.2) is 24.3 Å². The first-order chi connectivity index (χ1) is 6.92. The molecule has 0 aliphatic carbocycles. The number of carbonyl (C=O) groups excluding carboxylic acids is 1. The summed E-state index contributed by atoms with van der Waals surface area (Å²) in [6.07, 6.45) is -5.12. The number of halogens is 3. The lowest BCUT2D eigenvalue weighted by Crippen LogP contribution is -2.15. The predicted molar refractivity (Wildman–Crippen MR) is 50.8 cm³/mol. The van der Waals surface area contributed by atoms with Gasteiger partial charge in [-0.05, 0) is 18.1 Å². The fourth-order valence-electron chi connectivity index (χ4n) is 1.25. The summed E-state index contributed by atoms with van der Waals surface area (Å²) in [5.74, 6) is -0.877. The third-order valence-electron chi connectivity index (χ3n) is 2.02. The van der Waals surface area contributed by atoms with Crippen LogP contribution in [-0.2, 0) is 6.42 Å². The zero-order chi connectivity index (χ0) is 11.5. The highest BCUT2D eigenvalue weighted by atomic mass is 19.4. The number of alkyl halides is 3. The zero-order valence-corrected chi connectivity index (χ0v) is 8.27. The summed E-state index contributed by atoms with van der Waals surface area (Å²) in [7, 11) is 0. The topological polar surface area (TPSA) is 17.1 Å². The van der Waals surface area contributed by atoms with Crippen LogP contribution in [0.5, 0.6) is 0 Å². The molecule has 0 heterocycles. The van der Waals surface area contributed by atoms with E-state index < -0.39 is 18.4 Å². The van der Waals surface area contributed by atoms with Crippen molar-refractivity contribution >= 4 is 5.78 Å². The van der Waals surface area contributed by atoms with Crippen LogP contribution < -0.4 is 0 Å². The van der Waals surface area contributed by atoms with E-state index in [1.54, 1.807) is 12.1 Å². The lowest BCUT2D eigenvalue weighted by molar-refractivity contribution is -0.125. The Hall–Kier alpha value is -1.32. The van der Waals surface area contributed by atoms with E-state index in [4.69, 9.17) is 0 Å². The highest BCUT2D eigenvalue weighted by Crippen LogP contribution is 2.22. The summed E-state index contributed by atoms with van der Waals surface area (Å²) in [5.41, 5.74) is 0.995. The van der Waals surface area contributed by atoms with Crippen LogP contribution >= 0.6 is 0 Å². The Kier molecular flexibility index (Phi) is 3.50. The van der Waals surface area contributed by atoms with Crippen molar-refractivity contribution in [3.8, 4) is 0 Å². The van der Waals surface area contributed by atoms with Gasteiger partial charge in [0.25, 0.3) is 0 Å². The van der Waals surface area contributed by atoms with Crippen LogP contribution in [-0.4, -0.2) is 12.0 Å². The fourth-order valence-corrected chi connectivity index (χ4v) is 1.25. The van der Waals surface area contributed by atoms with Crippen LogP contribution in [0.4, 0.5) is 13.2 Å². The second kappa shape index (κ2) is 4.47. The van der Waals surface area contributed by atoms with Gasteiger partial charge in [-0.3, -0.25) is 4.79 Å². The molecule has 4 heteroatoms. The average Bonchev–Trinajstić information content (AvgIpc) is 2.15. The number of ketones is 1. The number of rotatable bonds is 3. The van der Waals surface area contributed by atoms with Gasteiger partial charge < -0.3 is 0 Å². The van der Waals surface area contributed by atoms with Crippen molar-refractivity contribution in [2.75, 3.05) is 0 Å². The monoisotopic (exact) mass is 216 g/mol. The zero-order valence-electron chi connectivity index (χ0n) is 8.27. The van der Waals surface area contributed by atoms with Gasteiger partial charge in [0.15, 0.2) is 5.78 Å². The van der Waals surface area contributed by atoms with Crippen molar-refractivity contribution in [2.45, 2.75) is 25.9 Å². The highest BCUT2D eigenvalue weighted by Gasteiger charge is 2.31. The normalized spacial score (nSPS) is 11.5. The molecular formula is C11H11F3O. The van der Waals surface area contributed by atoms with Crippen LogP contribution in [0.2, 0.25) is 0 Å². The maximum absolute atomic E-state index is 12.0. The minimum Gasteiger partial charge on any atom is -0.294 e. The molecule has 0 saturated carbocycles. The molecule has 0 unspecified atom stereocenters. The standard InChI is InChI=1S/C11H11F3O/c1-2-8-4-3-5-9(6-8)10(15)7-11(12,13)14/h3-6H,2,7H2,1H3. The van der Waals surface area contributed by atoms with E-state index in [1.807, 2.05) is 6.92 Å². The molecule has 0 aliphatic rings. The lowest BCUT2D eigenvalue weighted by atomic mass is 10.0. The van der Waals surface area contributed by atoms with Gasteiger partial charge in [0.2, 0.25) is 0 Å². The number of Topliss-reactive ketones (excluding diaryl/α,β-unsaturated/α-hetero) is 1. The van der Waals surface area contributed by atoms with Crippen LogP contribution in [0.3, 0.4) is 0 Å². The van der Waals surface area contributed by atoms with E-state index in [1.165, 1.54) is 12.1 Å². The Morgan fingerprint density at radius 3 is 2.53 bits per heavy atom. The van der Waals surface area contributed by atoms with Crippen molar-refractivity contribution in [2.24, 2.45) is 0 Å². The molecule has 0 fully saturated rings. The third-order valence-corrected chi connectivity index (χ3v) is 2.02. The highest BCUT2D eigenvalue weighted by molar-refractivity contribution is 5.96. The molecule has 0 bridgehead atoms. The number of carbonyl (C=O) groups is 1.